The Morgan fingerprint density at radius 2 is 1.65 bits per heavy atom. The molecule has 4 saturated carbocycles. The summed E-state index contributed by atoms with van der Waals surface area (Å²) in [6, 6.07) is 0. The number of rotatable bonds is 2. The van der Waals surface area contributed by atoms with Crippen LogP contribution in [0.2, 0.25) is 0 Å². The lowest BCUT2D eigenvalue weighted by Crippen LogP contribution is -2.49. The molecule has 0 heterocycles. The van der Waals surface area contributed by atoms with Gasteiger partial charge in [-0.2, -0.15) is 5.10 Å². The van der Waals surface area contributed by atoms with Gasteiger partial charge in [-0.1, -0.05) is 0 Å². The summed E-state index contributed by atoms with van der Waals surface area (Å²) in [5, 5.41) is 4.69. The van der Waals surface area contributed by atoms with Crippen molar-refractivity contribution in [3.05, 3.63) is 0 Å². The number of hydrazone groups is 1. The van der Waals surface area contributed by atoms with Gasteiger partial charge in [0.05, 0.1) is 0 Å². The number of nitrogens with one attached hydrogen (secondary N) is 1. The Morgan fingerprint density at radius 3 is 2.06 bits per heavy atom. The summed E-state index contributed by atoms with van der Waals surface area (Å²) in [5.41, 5.74) is 9.81. The van der Waals surface area contributed by atoms with E-state index in [0.29, 0.717) is 5.41 Å². The van der Waals surface area contributed by atoms with Crippen LogP contribution < -0.4 is 11.2 Å². The number of hydrogen-bond donors (Lipinski definition) is 2. The lowest BCUT2D eigenvalue weighted by Gasteiger charge is -2.56. The van der Waals surface area contributed by atoms with Crippen molar-refractivity contribution in [3.63, 3.8) is 0 Å². The third kappa shape index (κ3) is 1.96. The van der Waals surface area contributed by atoms with Crippen molar-refractivity contribution in [1.29, 1.82) is 0 Å². The molecular formula is C13H21N3S. The van der Waals surface area contributed by atoms with Crippen LogP contribution in [0.3, 0.4) is 0 Å². The molecule has 0 aliphatic heterocycles. The average Bonchev–Trinajstić information content (AvgIpc) is 2.23. The highest BCUT2D eigenvalue weighted by Crippen LogP contribution is 2.60. The predicted octanol–water partition coefficient (Wildman–Crippen LogP) is 2.41. The minimum Gasteiger partial charge on any atom is -0.375 e. The standard InChI is InChI=1S/C13H21N3S/c1-8(15-16-12(14)17)13-5-9-2-10(6-13)4-11(3-9)7-13/h9-11H,2-7H2,1H3,(H3,14,16,17)/b15-8-. The summed E-state index contributed by atoms with van der Waals surface area (Å²) in [4.78, 5) is 0. The van der Waals surface area contributed by atoms with Crippen LogP contribution in [-0.4, -0.2) is 10.8 Å². The molecule has 0 aromatic carbocycles. The monoisotopic (exact) mass is 251 g/mol. The molecule has 0 amide bonds. The molecule has 0 atom stereocenters. The first kappa shape index (κ1) is 11.5. The molecule has 3 N–H and O–H groups in total. The van der Waals surface area contributed by atoms with E-state index in [1.54, 1.807) is 0 Å². The molecule has 17 heavy (non-hydrogen) atoms. The van der Waals surface area contributed by atoms with E-state index in [9.17, 15) is 0 Å². The highest BCUT2D eigenvalue weighted by atomic mass is 32.1. The Kier molecular flexibility index (Phi) is 2.65. The zero-order chi connectivity index (χ0) is 12.0. The first-order valence-electron chi connectivity index (χ1n) is 6.67. The van der Waals surface area contributed by atoms with E-state index in [1.807, 2.05) is 0 Å². The molecular weight excluding hydrogens is 230 g/mol. The molecule has 4 aliphatic carbocycles. The predicted molar refractivity (Wildman–Crippen MR) is 73.6 cm³/mol. The van der Waals surface area contributed by atoms with Crippen molar-refractivity contribution in [2.75, 3.05) is 0 Å². The van der Waals surface area contributed by atoms with Gasteiger partial charge in [-0.15, -0.1) is 0 Å². The molecule has 0 aromatic rings. The number of thiocarbonyl (C=S) groups is 1. The van der Waals surface area contributed by atoms with Gasteiger partial charge in [0, 0.05) is 11.1 Å². The Labute approximate surface area is 108 Å². The molecule has 4 bridgehead atoms. The Morgan fingerprint density at radius 1 is 1.18 bits per heavy atom. The smallest absolute Gasteiger partial charge is 0.184 e. The summed E-state index contributed by atoms with van der Waals surface area (Å²) in [6.45, 7) is 2.15. The van der Waals surface area contributed by atoms with Crippen LogP contribution >= 0.6 is 12.2 Å². The van der Waals surface area contributed by atoms with Crippen LogP contribution in [0, 0.1) is 23.2 Å². The fourth-order valence-electron chi connectivity index (χ4n) is 4.81. The van der Waals surface area contributed by atoms with E-state index < -0.39 is 0 Å². The number of nitrogens with zero attached hydrogens (tertiary/aromatic N) is 1. The maximum Gasteiger partial charge on any atom is 0.184 e. The van der Waals surface area contributed by atoms with E-state index in [1.165, 1.54) is 44.2 Å². The Bertz CT molecular complexity index is 340. The quantitative estimate of drug-likeness (QED) is 0.450. The van der Waals surface area contributed by atoms with Crippen molar-refractivity contribution >= 4 is 23.0 Å². The molecule has 0 saturated heterocycles. The minimum absolute atomic E-state index is 0.272. The fraction of sp³-hybridized carbons (Fsp3) is 0.846. The second-order valence-electron chi connectivity index (χ2n) is 6.37. The van der Waals surface area contributed by atoms with Crippen molar-refractivity contribution in [1.82, 2.24) is 5.43 Å². The number of nitrogens with two attached hydrogens (primary N) is 1. The first-order valence-corrected chi connectivity index (χ1v) is 7.08. The van der Waals surface area contributed by atoms with E-state index in [0.717, 1.165) is 17.8 Å². The molecule has 3 nitrogen and oxygen atoms in total. The molecule has 94 valence electrons. The van der Waals surface area contributed by atoms with Gasteiger partial charge in [-0.3, -0.25) is 5.43 Å². The fourth-order valence-corrected chi connectivity index (χ4v) is 4.86. The molecule has 0 unspecified atom stereocenters. The minimum atomic E-state index is 0.272. The second kappa shape index (κ2) is 3.94. The zero-order valence-electron chi connectivity index (χ0n) is 10.4. The molecule has 0 aromatic heterocycles. The summed E-state index contributed by atoms with van der Waals surface area (Å²) >= 11 is 4.82. The van der Waals surface area contributed by atoms with Gasteiger partial charge < -0.3 is 5.73 Å². The summed E-state index contributed by atoms with van der Waals surface area (Å²) < 4.78 is 0. The van der Waals surface area contributed by atoms with Crippen molar-refractivity contribution in [2.24, 2.45) is 34.0 Å². The molecule has 4 rings (SSSR count). The molecule has 0 spiro atoms. The molecule has 0 radical (unpaired) electrons. The Balaban J connectivity index is 1.81. The lowest BCUT2D eigenvalue weighted by atomic mass is 9.48. The molecule has 4 heteroatoms. The van der Waals surface area contributed by atoms with E-state index >= 15 is 0 Å². The molecule has 4 aliphatic rings. The van der Waals surface area contributed by atoms with Crippen LogP contribution in [0.25, 0.3) is 0 Å². The van der Waals surface area contributed by atoms with E-state index in [4.69, 9.17) is 18.0 Å². The third-order valence-electron chi connectivity index (χ3n) is 5.14. The van der Waals surface area contributed by atoms with Gasteiger partial charge in [0.15, 0.2) is 5.11 Å². The van der Waals surface area contributed by atoms with Gasteiger partial charge in [0.1, 0.15) is 0 Å². The van der Waals surface area contributed by atoms with Gasteiger partial charge >= 0.3 is 0 Å². The van der Waals surface area contributed by atoms with Crippen molar-refractivity contribution < 1.29 is 0 Å². The Hall–Kier alpha value is -0.640. The highest BCUT2D eigenvalue weighted by Gasteiger charge is 2.52. The zero-order valence-corrected chi connectivity index (χ0v) is 11.2. The van der Waals surface area contributed by atoms with Gasteiger partial charge in [-0.05, 0) is 75.4 Å². The van der Waals surface area contributed by atoms with Crippen LogP contribution in [0.4, 0.5) is 0 Å². The van der Waals surface area contributed by atoms with E-state index in [-0.39, 0.29) is 5.11 Å². The summed E-state index contributed by atoms with van der Waals surface area (Å²) in [6.07, 6.45) is 8.42. The van der Waals surface area contributed by atoms with Crippen LogP contribution in [-0.2, 0) is 0 Å². The van der Waals surface area contributed by atoms with Crippen LogP contribution in [0.5, 0.6) is 0 Å². The van der Waals surface area contributed by atoms with Crippen LogP contribution in [0.1, 0.15) is 45.4 Å². The summed E-state index contributed by atoms with van der Waals surface area (Å²) in [7, 11) is 0. The molecule has 4 fully saturated rings. The van der Waals surface area contributed by atoms with Crippen molar-refractivity contribution in [3.8, 4) is 0 Å². The van der Waals surface area contributed by atoms with Gasteiger partial charge in [0.2, 0.25) is 0 Å². The van der Waals surface area contributed by atoms with E-state index in [2.05, 4.69) is 17.5 Å². The van der Waals surface area contributed by atoms with Gasteiger partial charge in [-0.25, -0.2) is 0 Å². The third-order valence-corrected chi connectivity index (χ3v) is 5.23. The van der Waals surface area contributed by atoms with Crippen molar-refractivity contribution in [2.45, 2.75) is 45.4 Å². The largest absolute Gasteiger partial charge is 0.375 e. The SMILES string of the molecule is C/C(=N/NC(N)=S)C12CC3CC(CC(C3)C1)C2. The average molecular weight is 251 g/mol. The highest BCUT2D eigenvalue weighted by molar-refractivity contribution is 7.80. The first-order chi connectivity index (χ1) is 8.07. The maximum absolute atomic E-state index is 5.45. The summed E-state index contributed by atoms with van der Waals surface area (Å²) in [5.74, 6) is 2.86. The van der Waals surface area contributed by atoms with Gasteiger partial charge in [0.25, 0.3) is 0 Å². The normalized spacial score (nSPS) is 43.8. The van der Waals surface area contributed by atoms with Crippen LogP contribution in [0.15, 0.2) is 5.10 Å². The maximum atomic E-state index is 5.45. The second-order valence-corrected chi connectivity index (χ2v) is 6.81. The topological polar surface area (TPSA) is 50.4 Å². The number of hydrogen-bond acceptors (Lipinski definition) is 2. The lowest BCUT2D eigenvalue weighted by molar-refractivity contribution is -0.0128.